The number of anilines is 4. The summed E-state index contributed by atoms with van der Waals surface area (Å²) in [6.45, 7) is 3.43. The molecule has 0 aliphatic heterocycles. The Kier molecular flexibility index (Phi) is 8.44. The number of rotatable bonds is 8. The van der Waals surface area contributed by atoms with Crippen LogP contribution in [0.15, 0.2) is 98.9 Å². The standard InChI is InChI=1S/C31H24ClN7O7S2/c1-16-7-3-6-10-22(16)33-30-35-29(32)36-31(37-30)34-24-15-20(47(41,42)43)14-19-13-17(2)26(27(40)25(19)24)39-38-23-12-11-18-8-4-5-9-21(18)28(23)48(44,45)46/h3-15,40H,1-2H3,(H,41,42,43)(H,44,45,46)(H2,33,34,35,36,37). The van der Waals surface area contributed by atoms with Gasteiger partial charge in [0.25, 0.3) is 20.2 Å². The molecule has 0 bridgehead atoms. The molecule has 0 atom stereocenters. The lowest BCUT2D eigenvalue weighted by Gasteiger charge is -2.15. The van der Waals surface area contributed by atoms with Crippen LogP contribution in [-0.2, 0) is 20.2 Å². The number of hydrogen-bond acceptors (Lipinski definition) is 12. The number of fused-ring (bicyclic) bond motifs is 2. The van der Waals surface area contributed by atoms with Crippen molar-refractivity contribution < 1.29 is 31.0 Å². The van der Waals surface area contributed by atoms with E-state index in [9.17, 15) is 31.0 Å². The summed E-state index contributed by atoms with van der Waals surface area (Å²) in [6, 6.07) is 20.5. The molecule has 1 aromatic heterocycles. The monoisotopic (exact) mass is 705 g/mol. The minimum absolute atomic E-state index is 0.0282. The fourth-order valence-electron chi connectivity index (χ4n) is 5.10. The van der Waals surface area contributed by atoms with E-state index in [0.29, 0.717) is 16.6 Å². The van der Waals surface area contributed by atoms with Gasteiger partial charge in [-0.3, -0.25) is 9.11 Å². The first-order valence-corrected chi connectivity index (χ1v) is 17.1. The summed E-state index contributed by atoms with van der Waals surface area (Å²) in [5.41, 5.74) is 1.53. The number of benzene rings is 5. The van der Waals surface area contributed by atoms with Crippen LogP contribution in [0.25, 0.3) is 21.5 Å². The Hall–Kier alpha value is -5.26. The molecule has 5 N–H and O–H groups in total. The molecule has 6 aromatic rings. The predicted molar refractivity (Wildman–Crippen MR) is 181 cm³/mol. The minimum Gasteiger partial charge on any atom is -0.505 e. The van der Waals surface area contributed by atoms with Crippen LogP contribution in [0.2, 0.25) is 5.28 Å². The number of nitrogens with one attached hydrogen (secondary N) is 2. The van der Waals surface area contributed by atoms with Crippen LogP contribution < -0.4 is 10.6 Å². The average Bonchev–Trinajstić information content (AvgIpc) is 3.00. The second kappa shape index (κ2) is 12.4. The van der Waals surface area contributed by atoms with Crippen LogP contribution in [0, 0.1) is 13.8 Å². The van der Waals surface area contributed by atoms with Gasteiger partial charge in [-0.25, -0.2) is 0 Å². The molecule has 0 spiro atoms. The van der Waals surface area contributed by atoms with Crippen LogP contribution >= 0.6 is 11.6 Å². The maximum atomic E-state index is 12.4. The molecule has 244 valence electrons. The third-order valence-electron chi connectivity index (χ3n) is 7.27. The van der Waals surface area contributed by atoms with Crippen molar-refractivity contribution in [3.05, 3.63) is 95.3 Å². The van der Waals surface area contributed by atoms with Gasteiger partial charge in [-0.05, 0) is 77.7 Å². The number of hydrogen-bond donors (Lipinski definition) is 5. The van der Waals surface area contributed by atoms with E-state index >= 15 is 0 Å². The van der Waals surface area contributed by atoms with Crippen molar-refractivity contribution in [2.75, 3.05) is 10.6 Å². The van der Waals surface area contributed by atoms with Crippen molar-refractivity contribution in [3.8, 4) is 5.75 Å². The predicted octanol–water partition coefficient (Wildman–Crippen LogP) is 7.55. The zero-order valence-corrected chi connectivity index (χ0v) is 27.3. The summed E-state index contributed by atoms with van der Waals surface area (Å²) in [5.74, 6) is -0.565. The van der Waals surface area contributed by atoms with Crippen LogP contribution in [0.5, 0.6) is 5.75 Å². The van der Waals surface area contributed by atoms with Crippen LogP contribution in [0.4, 0.5) is 34.6 Å². The number of aromatic hydroxyl groups is 1. The normalized spacial score (nSPS) is 12.2. The Morgan fingerprint density at radius 3 is 2.06 bits per heavy atom. The number of para-hydroxylation sites is 1. The molecule has 17 heteroatoms. The molecular weight excluding hydrogens is 682 g/mol. The molecule has 0 radical (unpaired) electrons. The highest BCUT2D eigenvalue weighted by Crippen LogP contribution is 2.44. The number of azo groups is 1. The van der Waals surface area contributed by atoms with Crippen LogP contribution in [-0.4, -0.2) is 46.0 Å². The SMILES string of the molecule is Cc1ccccc1Nc1nc(Cl)nc(Nc2cc(S(=O)(=O)O)cc3cc(C)c(N=Nc4ccc5ccccc5c4S(=O)(=O)O)c(O)c23)n1. The Balaban J connectivity index is 1.49. The van der Waals surface area contributed by atoms with E-state index in [1.807, 2.05) is 25.1 Å². The first kappa shape index (κ1) is 32.7. The van der Waals surface area contributed by atoms with Gasteiger partial charge in [-0.15, -0.1) is 10.2 Å². The highest BCUT2D eigenvalue weighted by molar-refractivity contribution is 7.86. The van der Waals surface area contributed by atoms with Gasteiger partial charge < -0.3 is 15.7 Å². The van der Waals surface area contributed by atoms with E-state index in [-0.39, 0.29) is 50.4 Å². The third kappa shape index (κ3) is 6.60. The van der Waals surface area contributed by atoms with E-state index in [4.69, 9.17) is 11.6 Å². The minimum atomic E-state index is -4.75. The molecule has 0 amide bonds. The summed E-state index contributed by atoms with van der Waals surface area (Å²) in [7, 11) is -9.48. The van der Waals surface area contributed by atoms with Gasteiger partial charge >= 0.3 is 0 Å². The molecule has 6 rings (SSSR count). The summed E-state index contributed by atoms with van der Waals surface area (Å²) >= 11 is 6.19. The quantitative estimate of drug-likeness (QED) is 0.0766. The Morgan fingerprint density at radius 2 is 1.38 bits per heavy atom. The lowest BCUT2D eigenvalue weighted by Crippen LogP contribution is -2.06. The van der Waals surface area contributed by atoms with Crippen molar-refractivity contribution in [1.29, 1.82) is 0 Å². The van der Waals surface area contributed by atoms with Crippen LogP contribution in [0.1, 0.15) is 11.1 Å². The molecule has 0 fully saturated rings. The number of phenolic OH excluding ortho intramolecular Hbond substituents is 1. The summed E-state index contributed by atoms with van der Waals surface area (Å²) in [6.07, 6.45) is 0. The number of nitrogens with zero attached hydrogens (tertiary/aromatic N) is 5. The maximum Gasteiger partial charge on any atom is 0.297 e. The third-order valence-corrected chi connectivity index (χ3v) is 9.21. The van der Waals surface area contributed by atoms with E-state index in [0.717, 1.165) is 17.7 Å². The topological polar surface area (TPSA) is 216 Å². The molecule has 1 heterocycles. The van der Waals surface area contributed by atoms with E-state index in [1.54, 1.807) is 37.3 Å². The molecule has 5 aromatic carbocycles. The highest BCUT2D eigenvalue weighted by atomic mass is 35.5. The molecule has 0 saturated heterocycles. The number of aromatic nitrogens is 3. The van der Waals surface area contributed by atoms with E-state index in [2.05, 4.69) is 35.8 Å². The van der Waals surface area contributed by atoms with Crippen molar-refractivity contribution in [1.82, 2.24) is 15.0 Å². The van der Waals surface area contributed by atoms with Crippen LogP contribution in [0.3, 0.4) is 0 Å². The van der Waals surface area contributed by atoms with E-state index in [1.165, 1.54) is 18.2 Å². The largest absolute Gasteiger partial charge is 0.505 e. The average molecular weight is 706 g/mol. The second-order valence-corrected chi connectivity index (χ2v) is 13.7. The van der Waals surface area contributed by atoms with Gasteiger partial charge in [0, 0.05) is 16.5 Å². The molecule has 48 heavy (non-hydrogen) atoms. The van der Waals surface area contributed by atoms with Gasteiger partial charge in [-0.1, -0.05) is 48.5 Å². The van der Waals surface area contributed by atoms with Gasteiger partial charge in [-0.2, -0.15) is 31.8 Å². The number of aryl methyl sites for hydroxylation is 2. The fraction of sp³-hybridized carbons (Fsp3) is 0.0645. The van der Waals surface area contributed by atoms with Gasteiger partial charge in [0.1, 0.15) is 16.3 Å². The lowest BCUT2D eigenvalue weighted by atomic mass is 10.0. The Bertz CT molecular complexity index is 2530. The zero-order chi connectivity index (χ0) is 34.4. The molecule has 14 nitrogen and oxygen atoms in total. The van der Waals surface area contributed by atoms with Crippen molar-refractivity contribution in [3.63, 3.8) is 0 Å². The second-order valence-electron chi connectivity index (χ2n) is 10.6. The molecule has 0 aliphatic rings. The Morgan fingerprint density at radius 1 is 0.708 bits per heavy atom. The summed E-state index contributed by atoms with van der Waals surface area (Å²) in [5, 5.41) is 26.4. The maximum absolute atomic E-state index is 12.4. The van der Waals surface area contributed by atoms with Crippen molar-refractivity contribution >= 4 is 88.0 Å². The smallest absolute Gasteiger partial charge is 0.297 e. The molecule has 0 aliphatic carbocycles. The number of halogens is 1. The van der Waals surface area contributed by atoms with Gasteiger partial charge in [0.2, 0.25) is 17.2 Å². The molecule has 0 saturated carbocycles. The zero-order valence-electron chi connectivity index (χ0n) is 24.9. The summed E-state index contributed by atoms with van der Waals surface area (Å²) < 4.78 is 69.1. The first-order chi connectivity index (χ1) is 22.7. The van der Waals surface area contributed by atoms with E-state index < -0.39 is 35.8 Å². The molecular formula is C31H24ClN7O7S2. The van der Waals surface area contributed by atoms with Gasteiger partial charge in [0.05, 0.1) is 10.6 Å². The number of phenols is 1. The first-order valence-electron chi connectivity index (χ1n) is 13.9. The highest BCUT2D eigenvalue weighted by Gasteiger charge is 2.22. The van der Waals surface area contributed by atoms with Crippen molar-refractivity contribution in [2.24, 2.45) is 10.2 Å². The fourth-order valence-corrected chi connectivity index (χ4v) is 6.64. The van der Waals surface area contributed by atoms with Crippen molar-refractivity contribution in [2.45, 2.75) is 23.6 Å². The lowest BCUT2D eigenvalue weighted by molar-refractivity contribution is 0.480. The molecule has 0 unspecified atom stereocenters. The van der Waals surface area contributed by atoms with Gasteiger partial charge in [0.15, 0.2) is 5.75 Å². The Labute approximate surface area is 278 Å². The summed E-state index contributed by atoms with van der Waals surface area (Å²) in [4.78, 5) is 11.5.